The molecule has 1 heterocycles. The summed E-state index contributed by atoms with van der Waals surface area (Å²) >= 11 is 0. The number of hydrogen-bond donors (Lipinski definition) is 1. The molecule has 0 aliphatic heterocycles. The minimum absolute atomic E-state index is 0.239. The summed E-state index contributed by atoms with van der Waals surface area (Å²) in [5.41, 5.74) is 5.37. The first kappa shape index (κ1) is 12.1. The topological polar surface area (TPSA) is 70.1 Å². The van der Waals surface area contributed by atoms with E-state index in [9.17, 15) is 4.79 Å². The molecule has 1 aromatic heterocycles. The molecule has 1 saturated carbocycles. The average Bonchev–Trinajstić information content (AvgIpc) is 3.06. The number of esters is 1. The van der Waals surface area contributed by atoms with E-state index in [-0.39, 0.29) is 11.9 Å². The lowest BCUT2D eigenvalue weighted by atomic mass is 9.94. The van der Waals surface area contributed by atoms with Gasteiger partial charge in [0.15, 0.2) is 0 Å². The normalized spacial score (nSPS) is 18.8. The molecule has 0 spiro atoms. The van der Waals surface area contributed by atoms with Crippen LogP contribution in [0, 0.1) is 12.8 Å². The predicted molar refractivity (Wildman–Crippen MR) is 63.2 cm³/mol. The van der Waals surface area contributed by atoms with Gasteiger partial charge in [-0.1, -0.05) is 0 Å². The van der Waals surface area contributed by atoms with Crippen molar-refractivity contribution in [1.82, 2.24) is 9.55 Å². The second-order valence-electron chi connectivity index (χ2n) is 4.64. The van der Waals surface area contributed by atoms with Crippen LogP contribution < -0.4 is 5.73 Å². The lowest BCUT2D eigenvalue weighted by Crippen LogP contribution is -2.54. The first-order valence-corrected chi connectivity index (χ1v) is 6.01. The van der Waals surface area contributed by atoms with Gasteiger partial charge in [0.05, 0.1) is 13.2 Å². The third-order valence-corrected chi connectivity index (χ3v) is 3.32. The van der Waals surface area contributed by atoms with Crippen molar-refractivity contribution in [3.8, 4) is 0 Å². The van der Waals surface area contributed by atoms with Gasteiger partial charge in [0.2, 0.25) is 0 Å². The number of aryl methyl sites for hydroxylation is 1. The number of imidazole rings is 1. The first-order chi connectivity index (χ1) is 8.08. The number of carbonyl (C=O) groups is 1. The van der Waals surface area contributed by atoms with E-state index in [0.717, 1.165) is 18.7 Å². The van der Waals surface area contributed by atoms with E-state index in [4.69, 9.17) is 10.5 Å². The van der Waals surface area contributed by atoms with Crippen molar-refractivity contribution in [3.63, 3.8) is 0 Å². The molecule has 1 aliphatic carbocycles. The highest BCUT2D eigenvalue weighted by atomic mass is 16.5. The fraction of sp³-hybridized carbons (Fsp3) is 0.667. The molecule has 1 unspecified atom stereocenters. The van der Waals surface area contributed by atoms with Crippen molar-refractivity contribution in [2.45, 2.75) is 38.8 Å². The molecular weight excluding hydrogens is 218 g/mol. The molecule has 2 rings (SSSR count). The highest BCUT2D eigenvalue weighted by molar-refractivity contribution is 5.81. The van der Waals surface area contributed by atoms with Crippen LogP contribution in [0.4, 0.5) is 0 Å². The Morgan fingerprint density at radius 3 is 2.88 bits per heavy atom. The average molecular weight is 237 g/mol. The number of hydrogen-bond acceptors (Lipinski definition) is 4. The summed E-state index contributed by atoms with van der Waals surface area (Å²) in [6, 6.07) is 0. The maximum absolute atomic E-state index is 12.0. The van der Waals surface area contributed by atoms with Crippen LogP contribution in [0.2, 0.25) is 0 Å². The zero-order valence-electron chi connectivity index (χ0n) is 10.3. The summed E-state index contributed by atoms with van der Waals surface area (Å²) in [6.07, 6.45) is 5.57. The Morgan fingerprint density at radius 2 is 2.41 bits per heavy atom. The van der Waals surface area contributed by atoms with Gasteiger partial charge in [0.1, 0.15) is 11.4 Å². The standard InChI is InChI=1S/C12H19N3O2/c1-3-17-11(16)12(13,10-4-5-10)8-15-7-6-14-9(15)2/h6-7,10H,3-5,8,13H2,1-2H3. The fourth-order valence-electron chi connectivity index (χ4n) is 2.08. The van der Waals surface area contributed by atoms with Gasteiger partial charge in [-0.15, -0.1) is 0 Å². The summed E-state index contributed by atoms with van der Waals surface area (Å²) < 4.78 is 7.01. The van der Waals surface area contributed by atoms with E-state index in [2.05, 4.69) is 4.98 Å². The smallest absolute Gasteiger partial charge is 0.328 e. The lowest BCUT2D eigenvalue weighted by Gasteiger charge is -2.27. The summed E-state index contributed by atoms with van der Waals surface area (Å²) in [7, 11) is 0. The largest absolute Gasteiger partial charge is 0.465 e. The summed E-state index contributed by atoms with van der Waals surface area (Å²) in [4.78, 5) is 16.1. The molecular formula is C12H19N3O2. The van der Waals surface area contributed by atoms with E-state index in [1.165, 1.54) is 0 Å². The van der Waals surface area contributed by atoms with Crippen LogP contribution >= 0.6 is 0 Å². The molecule has 5 heteroatoms. The Bertz CT molecular complexity index is 412. The number of aromatic nitrogens is 2. The van der Waals surface area contributed by atoms with Crippen molar-refractivity contribution in [1.29, 1.82) is 0 Å². The molecule has 2 N–H and O–H groups in total. The molecule has 0 radical (unpaired) electrons. The maximum atomic E-state index is 12.0. The Labute approximate surface area is 101 Å². The summed E-state index contributed by atoms with van der Waals surface area (Å²) in [5, 5.41) is 0. The van der Waals surface area contributed by atoms with Crippen molar-refractivity contribution in [2.24, 2.45) is 11.7 Å². The zero-order valence-corrected chi connectivity index (χ0v) is 10.3. The van der Waals surface area contributed by atoms with Crippen LogP contribution in [0.25, 0.3) is 0 Å². The monoisotopic (exact) mass is 237 g/mol. The van der Waals surface area contributed by atoms with Crippen molar-refractivity contribution >= 4 is 5.97 Å². The highest BCUT2D eigenvalue weighted by Gasteiger charge is 2.49. The Morgan fingerprint density at radius 1 is 1.71 bits per heavy atom. The maximum Gasteiger partial charge on any atom is 0.328 e. The Kier molecular flexibility index (Phi) is 3.19. The molecule has 0 saturated heterocycles. The van der Waals surface area contributed by atoms with Gasteiger partial charge in [-0.05, 0) is 32.6 Å². The number of ether oxygens (including phenoxy) is 1. The Balaban J connectivity index is 2.17. The van der Waals surface area contributed by atoms with Gasteiger partial charge in [0.25, 0.3) is 0 Å². The van der Waals surface area contributed by atoms with Crippen molar-refractivity contribution < 1.29 is 9.53 Å². The second kappa shape index (κ2) is 4.49. The minimum atomic E-state index is -0.901. The molecule has 0 aromatic carbocycles. The molecule has 1 aromatic rings. The molecule has 1 atom stereocenters. The molecule has 94 valence electrons. The van der Waals surface area contributed by atoms with Crippen LogP contribution in [0.15, 0.2) is 12.4 Å². The molecule has 1 fully saturated rings. The van der Waals surface area contributed by atoms with Gasteiger partial charge in [-0.25, -0.2) is 9.78 Å². The second-order valence-corrected chi connectivity index (χ2v) is 4.64. The first-order valence-electron chi connectivity index (χ1n) is 6.01. The number of rotatable bonds is 5. The summed E-state index contributed by atoms with van der Waals surface area (Å²) in [5.74, 6) is 0.809. The minimum Gasteiger partial charge on any atom is -0.465 e. The summed E-state index contributed by atoms with van der Waals surface area (Å²) in [6.45, 7) is 4.52. The van der Waals surface area contributed by atoms with Crippen LogP contribution in [0.1, 0.15) is 25.6 Å². The van der Waals surface area contributed by atoms with Crippen LogP contribution in [-0.4, -0.2) is 27.7 Å². The van der Waals surface area contributed by atoms with E-state index in [0.29, 0.717) is 13.2 Å². The third-order valence-electron chi connectivity index (χ3n) is 3.32. The van der Waals surface area contributed by atoms with Crippen LogP contribution in [0.3, 0.4) is 0 Å². The number of nitrogens with zero attached hydrogens (tertiary/aromatic N) is 2. The van der Waals surface area contributed by atoms with Crippen LogP contribution in [-0.2, 0) is 16.1 Å². The molecule has 0 amide bonds. The quantitative estimate of drug-likeness (QED) is 0.771. The lowest BCUT2D eigenvalue weighted by molar-refractivity contribution is -0.151. The zero-order chi connectivity index (χ0) is 12.5. The van der Waals surface area contributed by atoms with E-state index < -0.39 is 5.54 Å². The Hall–Kier alpha value is -1.36. The molecule has 5 nitrogen and oxygen atoms in total. The van der Waals surface area contributed by atoms with Gasteiger partial charge < -0.3 is 15.0 Å². The van der Waals surface area contributed by atoms with Crippen LogP contribution in [0.5, 0.6) is 0 Å². The molecule has 17 heavy (non-hydrogen) atoms. The van der Waals surface area contributed by atoms with Crippen molar-refractivity contribution in [2.75, 3.05) is 6.61 Å². The third kappa shape index (κ3) is 2.34. The highest BCUT2D eigenvalue weighted by Crippen LogP contribution is 2.40. The van der Waals surface area contributed by atoms with Crippen molar-refractivity contribution in [3.05, 3.63) is 18.2 Å². The van der Waals surface area contributed by atoms with Gasteiger partial charge in [0, 0.05) is 12.4 Å². The van der Waals surface area contributed by atoms with E-state index in [1.807, 2.05) is 17.7 Å². The molecule has 1 aliphatic rings. The van der Waals surface area contributed by atoms with Gasteiger partial charge in [-0.3, -0.25) is 0 Å². The van der Waals surface area contributed by atoms with Gasteiger partial charge >= 0.3 is 5.97 Å². The molecule has 0 bridgehead atoms. The predicted octanol–water partition coefficient (Wildman–Crippen LogP) is 0.862. The number of carbonyl (C=O) groups excluding carboxylic acids is 1. The van der Waals surface area contributed by atoms with Gasteiger partial charge in [-0.2, -0.15) is 0 Å². The fourth-order valence-corrected chi connectivity index (χ4v) is 2.08. The number of nitrogens with two attached hydrogens (primary N) is 1. The SMILES string of the molecule is CCOC(=O)C(N)(Cn1ccnc1C)C1CC1. The van der Waals surface area contributed by atoms with E-state index in [1.54, 1.807) is 13.1 Å². The van der Waals surface area contributed by atoms with E-state index >= 15 is 0 Å².